The number of halogens is 1. The first-order valence-corrected chi connectivity index (χ1v) is 7.73. The quantitative estimate of drug-likeness (QED) is 0.720. The molecule has 0 radical (unpaired) electrons. The number of carbonyl (C=O) groups is 1. The van der Waals surface area contributed by atoms with Crippen LogP contribution in [0.5, 0.6) is 5.75 Å². The summed E-state index contributed by atoms with van der Waals surface area (Å²) in [4.78, 5) is 12.4. The third-order valence-electron chi connectivity index (χ3n) is 3.61. The maximum absolute atomic E-state index is 12.4. The van der Waals surface area contributed by atoms with Gasteiger partial charge in [-0.1, -0.05) is 28.1 Å². The summed E-state index contributed by atoms with van der Waals surface area (Å²) in [5.41, 5.74) is 4.08. The second-order valence-corrected chi connectivity index (χ2v) is 6.04. The summed E-state index contributed by atoms with van der Waals surface area (Å²) in [5, 5.41) is 0. The van der Waals surface area contributed by atoms with Crippen LogP contribution in [-0.4, -0.2) is 12.9 Å². The highest BCUT2D eigenvalue weighted by Gasteiger charge is 2.11. The summed E-state index contributed by atoms with van der Waals surface area (Å²) in [6.45, 7) is 3.98. The molecule has 0 aliphatic heterocycles. The third kappa shape index (κ3) is 3.94. The van der Waals surface area contributed by atoms with Gasteiger partial charge < -0.3 is 4.74 Å². The van der Waals surface area contributed by atoms with Crippen LogP contribution in [0.4, 0.5) is 0 Å². The van der Waals surface area contributed by atoms with Crippen LogP contribution >= 0.6 is 15.9 Å². The lowest BCUT2D eigenvalue weighted by atomic mass is 9.97. The molecule has 0 spiro atoms. The smallest absolute Gasteiger partial charge is 0.163 e. The summed E-state index contributed by atoms with van der Waals surface area (Å²) in [6, 6.07) is 11.8. The van der Waals surface area contributed by atoms with Gasteiger partial charge in [-0.2, -0.15) is 0 Å². The molecule has 0 fully saturated rings. The van der Waals surface area contributed by atoms with Crippen LogP contribution in [0.2, 0.25) is 0 Å². The lowest BCUT2D eigenvalue weighted by Crippen LogP contribution is -2.04. The van der Waals surface area contributed by atoms with Crippen LogP contribution in [-0.2, 0) is 6.42 Å². The van der Waals surface area contributed by atoms with Crippen molar-refractivity contribution in [1.82, 2.24) is 0 Å². The van der Waals surface area contributed by atoms with Crippen molar-refractivity contribution < 1.29 is 9.53 Å². The highest BCUT2D eigenvalue weighted by Crippen LogP contribution is 2.22. The van der Waals surface area contributed by atoms with Gasteiger partial charge in [0.2, 0.25) is 0 Å². The van der Waals surface area contributed by atoms with Crippen molar-refractivity contribution in [1.29, 1.82) is 0 Å². The van der Waals surface area contributed by atoms with Gasteiger partial charge in [-0.15, -0.1) is 0 Å². The Bertz CT molecular complexity index is 645. The van der Waals surface area contributed by atoms with Crippen molar-refractivity contribution in [2.24, 2.45) is 0 Å². The molecule has 0 bridgehead atoms. The SMILES string of the molecule is COc1ccc(CCC(=O)c2cc(C)c(Br)cc2C)cc1. The van der Waals surface area contributed by atoms with Gasteiger partial charge >= 0.3 is 0 Å². The number of rotatable bonds is 5. The maximum atomic E-state index is 12.4. The molecule has 0 saturated carbocycles. The summed E-state index contributed by atoms with van der Waals surface area (Å²) in [5.74, 6) is 1.03. The van der Waals surface area contributed by atoms with Gasteiger partial charge in [-0.25, -0.2) is 0 Å². The van der Waals surface area contributed by atoms with Crippen molar-refractivity contribution in [3.8, 4) is 5.75 Å². The average Bonchev–Trinajstić information content (AvgIpc) is 2.49. The zero-order valence-electron chi connectivity index (χ0n) is 12.6. The molecule has 0 heterocycles. The van der Waals surface area contributed by atoms with Crippen LogP contribution in [0.15, 0.2) is 40.9 Å². The highest BCUT2D eigenvalue weighted by atomic mass is 79.9. The molecule has 21 heavy (non-hydrogen) atoms. The Hall–Kier alpha value is -1.61. The van der Waals surface area contributed by atoms with Gasteiger partial charge in [0.1, 0.15) is 5.75 Å². The maximum Gasteiger partial charge on any atom is 0.163 e. The Morgan fingerprint density at radius 3 is 2.38 bits per heavy atom. The Labute approximate surface area is 134 Å². The molecule has 0 saturated heterocycles. The molecule has 0 N–H and O–H groups in total. The molecule has 0 atom stereocenters. The van der Waals surface area contributed by atoms with E-state index in [0.29, 0.717) is 6.42 Å². The Morgan fingerprint density at radius 2 is 1.76 bits per heavy atom. The molecule has 0 aliphatic rings. The van der Waals surface area contributed by atoms with Gasteiger partial charge in [0, 0.05) is 16.5 Å². The van der Waals surface area contributed by atoms with Crippen molar-refractivity contribution in [3.05, 3.63) is 63.1 Å². The number of ketones is 1. The molecule has 2 aromatic carbocycles. The minimum absolute atomic E-state index is 0.193. The van der Waals surface area contributed by atoms with E-state index in [4.69, 9.17) is 4.74 Å². The van der Waals surface area contributed by atoms with Crippen molar-refractivity contribution >= 4 is 21.7 Å². The minimum atomic E-state index is 0.193. The van der Waals surface area contributed by atoms with Crippen LogP contribution in [0.1, 0.15) is 33.5 Å². The van der Waals surface area contributed by atoms with Gasteiger partial charge in [0.05, 0.1) is 7.11 Å². The predicted octanol–water partition coefficient (Wildman–Crippen LogP) is 4.89. The first kappa shape index (κ1) is 15.8. The first-order chi connectivity index (χ1) is 10.0. The van der Waals surface area contributed by atoms with Gasteiger partial charge in [-0.3, -0.25) is 4.79 Å². The Morgan fingerprint density at radius 1 is 1.10 bits per heavy atom. The number of benzene rings is 2. The van der Waals surface area contributed by atoms with E-state index in [9.17, 15) is 4.79 Å². The monoisotopic (exact) mass is 346 g/mol. The number of ether oxygens (including phenoxy) is 1. The van der Waals surface area contributed by atoms with E-state index in [0.717, 1.165) is 38.9 Å². The first-order valence-electron chi connectivity index (χ1n) is 6.94. The molecule has 0 unspecified atom stereocenters. The summed E-state index contributed by atoms with van der Waals surface area (Å²) < 4.78 is 6.18. The largest absolute Gasteiger partial charge is 0.497 e. The fourth-order valence-corrected chi connectivity index (χ4v) is 2.72. The molecule has 0 aliphatic carbocycles. The van der Waals surface area contributed by atoms with E-state index in [1.165, 1.54) is 0 Å². The van der Waals surface area contributed by atoms with Crippen molar-refractivity contribution in [2.45, 2.75) is 26.7 Å². The van der Waals surface area contributed by atoms with Crippen LogP contribution in [0.3, 0.4) is 0 Å². The molecule has 2 rings (SSSR count). The Kier molecular flexibility index (Phi) is 5.18. The van der Waals surface area contributed by atoms with Crippen LogP contribution in [0, 0.1) is 13.8 Å². The van der Waals surface area contributed by atoms with E-state index >= 15 is 0 Å². The third-order valence-corrected chi connectivity index (χ3v) is 4.46. The molecule has 0 aromatic heterocycles. The van der Waals surface area contributed by atoms with Crippen LogP contribution < -0.4 is 4.74 Å². The molecule has 2 aromatic rings. The van der Waals surface area contributed by atoms with Gasteiger partial charge in [-0.05, 0) is 61.2 Å². The highest BCUT2D eigenvalue weighted by molar-refractivity contribution is 9.10. The molecular formula is C18H19BrO2. The summed E-state index contributed by atoms with van der Waals surface area (Å²) in [7, 11) is 1.65. The van der Waals surface area contributed by atoms with Crippen molar-refractivity contribution in [3.63, 3.8) is 0 Å². The van der Waals surface area contributed by atoms with Crippen LogP contribution in [0.25, 0.3) is 0 Å². The average molecular weight is 347 g/mol. The molecule has 3 heteroatoms. The zero-order chi connectivity index (χ0) is 15.4. The fraction of sp³-hybridized carbons (Fsp3) is 0.278. The molecule has 0 amide bonds. The van der Waals surface area contributed by atoms with Crippen molar-refractivity contribution in [2.75, 3.05) is 7.11 Å². The topological polar surface area (TPSA) is 26.3 Å². The predicted molar refractivity (Wildman–Crippen MR) is 89.3 cm³/mol. The van der Waals surface area contributed by atoms with E-state index in [1.54, 1.807) is 7.11 Å². The number of Topliss-reactive ketones (excluding diaryl/α,β-unsaturated/α-hetero) is 1. The number of aryl methyl sites for hydroxylation is 3. The normalized spacial score (nSPS) is 10.5. The standard InChI is InChI=1S/C18H19BrO2/c1-12-11-17(19)13(2)10-16(12)18(20)9-6-14-4-7-15(21-3)8-5-14/h4-5,7-8,10-11H,6,9H2,1-3H3. The van der Waals surface area contributed by atoms with Gasteiger partial charge in [0.25, 0.3) is 0 Å². The molecular weight excluding hydrogens is 328 g/mol. The second kappa shape index (κ2) is 6.90. The molecule has 110 valence electrons. The minimum Gasteiger partial charge on any atom is -0.497 e. The lowest BCUT2D eigenvalue weighted by molar-refractivity contribution is 0.0982. The summed E-state index contributed by atoms with van der Waals surface area (Å²) in [6.07, 6.45) is 1.27. The van der Waals surface area contributed by atoms with E-state index in [2.05, 4.69) is 15.9 Å². The summed E-state index contributed by atoms with van der Waals surface area (Å²) >= 11 is 3.50. The number of carbonyl (C=O) groups excluding carboxylic acids is 1. The zero-order valence-corrected chi connectivity index (χ0v) is 14.2. The molecule has 2 nitrogen and oxygen atoms in total. The fourth-order valence-electron chi connectivity index (χ4n) is 2.27. The number of hydrogen-bond acceptors (Lipinski definition) is 2. The number of hydrogen-bond donors (Lipinski definition) is 0. The van der Waals surface area contributed by atoms with Gasteiger partial charge in [0.15, 0.2) is 5.78 Å². The Balaban J connectivity index is 2.06. The van der Waals surface area contributed by atoms with E-state index in [-0.39, 0.29) is 5.78 Å². The van der Waals surface area contributed by atoms with E-state index < -0.39 is 0 Å². The number of methoxy groups -OCH3 is 1. The lowest BCUT2D eigenvalue weighted by Gasteiger charge is -2.08. The second-order valence-electron chi connectivity index (χ2n) is 5.19. The van der Waals surface area contributed by atoms with E-state index in [1.807, 2.05) is 50.2 Å².